The lowest BCUT2D eigenvalue weighted by molar-refractivity contribution is -0.137. The molecule has 1 amide bonds. The summed E-state index contributed by atoms with van der Waals surface area (Å²) in [6.07, 6.45) is -2.69. The number of fused-ring (bicyclic) bond motifs is 1. The summed E-state index contributed by atoms with van der Waals surface area (Å²) in [4.78, 5) is 21.7. The van der Waals surface area contributed by atoms with Crippen LogP contribution in [0.1, 0.15) is 24.0 Å². The Kier molecular flexibility index (Phi) is 6.56. The highest BCUT2D eigenvalue weighted by Crippen LogP contribution is 2.29. The molecular formula is C25H27F3N4O. The molecule has 1 aromatic heterocycles. The third-order valence-electron chi connectivity index (χ3n) is 6.10. The molecule has 0 spiro atoms. The van der Waals surface area contributed by atoms with Gasteiger partial charge in [-0.05, 0) is 75.0 Å². The summed E-state index contributed by atoms with van der Waals surface area (Å²) in [5, 5.41) is 3.80. The number of aryl methyl sites for hydroxylation is 1. The van der Waals surface area contributed by atoms with Gasteiger partial charge in [-0.3, -0.25) is 4.79 Å². The summed E-state index contributed by atoms with van der Waals surface area (Å²) in [6.45, 7) is 1.94. The van der Waals surface area contributed by atoms with Crippen molar-refractivity contribution >= 4 is 28.3 Å². The molecule has 1 N–H and O–H groups in total. The van der Waals surface area contributed by atoms with Crippen molar-refractivity contribution in [1.82, 2.24) is 9.88 Å². The van der Waals surface area contributed by atoms with Gasteiger partial charge in [0, 0.05) is 36.6 Å². The Morgan fingerprint density at radius 2 is 1.88 bits per heavy atom. The van der Waals surface area contributed by atoms with E-state index in [-0.39, 0.29) is 12.3 Å². The van der Waals surface area contributed by atoms with Crippen LogP contribution in [-0.4, -0.2) is 49.0 Å². The average Bonchev–Trinajstić information content (AvgIpc) is 3.28. The second-order valence-corrected chi connectivity index (χ2v) is 8.67. The fourth-order valence-electron chi connectivity index (χ4n) is 4.08. The van der Waals surface area contributed by atoms with Crippen molar-refractivity contribution in [3.63, 3.8) is 0 Å². The van der Waals surface area contributed by atoms with E-state index in [1.807, 2.05) is 30.3 Å². The number of rotatable bonds is 6. The molecule has 1 aliphatic rings. The molecule has 8 heteroatoms. The summed E-state index contributed by atoms with van der Waals surface area (Å²) >= 11 is 0. The maximum absolute atomic E-state index is 12.7. The van der Waals surface area contributed by atoms with Crippen LogP contribution in [0.25, 0.3) is 10.9 Å². The number of carbonyl (C=O) groups is 1. The van der Waals surface area contributed by atoms with Crippen molar-refractivity contribution in [3.8, 4) is 0 Å². The van der Waals surface area contributed by atoms with Gasteiger partial charge < -0.3 is 15.1 Å². The molecule has 2 aromatic carbocycles. The lowest BCUT2D eigenvalue weighted by Gasteiger charge is -2.21. The Balaban J connectivity index is 1.35. The highest BCUT2D eigenvalue weighted by molar-refractivity contribution is 5.94. The Hall–Kier alpha value is -3.13. The number of nitrogens with one attached hydrogen (secondary N) is 1. The number of likely N-dealkylation sites (N-methyl/N-ethyl adjacent to an activating group) is 1. The van der Waals surface area contributed by atoms with Gasteiger partial charge in [0.05, 0.1) is 11.1 Å². The van der Waals surface area contributed by atoms with Gasteiger partial charge >= 0.3 is 6.18 Å². The molecule has 33 heavy (non-hydrogen) atoms. The van der Waals surface area contributed by atoms with E-state index in [1.165, 1.54) is 12.1 Å². The number of anilines is 2. The summed E-state index contributed by atoms with van der Waals surface area (Å²) in [6, 6.07) is 15.1. The van der Waals surface area contributed by atoms with Gasteiger partial charge in [0.15, 0.2) is 0 Å². The molecular weight excluding hydrogens is 429 g/mol. The first kappa shape index (κ1) is 23.0. The van der Waals surface area contributed by atoms with Gasteiger partial charge in [0.2, 0.25) is 5.91 Å². The molecule has 4 rings (SSSR count). The molecule has 3 aromatic rings. The van der Waals surface area contributed by atoms with E-state index in [2.05, 4.69) is 29.2 Å². The Morgan fingerprint density at radius 3 is 2.55 bits per heavy atom. The topological polar surface area (TPSA) is 48.5 Å². The molecule has 1 aliphatic heterocycles. The Labute approximate surface area is 191 Å². The number of alkyl halides is 3. The standard InChI is InChI=1S/C25H27F3N4O/c1-31(2)21-13-14-32(16-21)23-11-6-18-15-20(9-10-22(18)30-23)29-24(33)12-5-17-3-7-19(8-4-17)25(26,27)28/h3-4,6-11,15,21H,5,12-14,16H2,1-2H3,(H,29,33)/t21-/m0/s1. The predicted octanol–water partition coefficient (Wildman–Crippen LogP) is 4.97. The summed E-state index contributed by atoms with van der Waals surface area (Å²) in [7, 11) is 4.20. The van der Waals surface area contributed by atoms with Crippen molar-refractivity contribution in [2.24, 2.45) is 0 Å². The number of benzene rings is 2. The molecule has 5 nitrogen and oxygen atoms in total. The smallest absolute Gasteiger partial charge is 0.355 e. The average molecular weight is 457 g/mol. The zero-order valence-electron chi connectivity index (χ0n) is 18.7. The number of hydrogen-bond acceptors (Lipinski definition) is 4. The number of aromatic nitrogens is 1. The first-order chi connectivity index (χ1) is 15.7. The van der Waals surface area contributed by atoms with Crippen LogP contribution in [-0.2, 0) is 17.4 Å². The van der Waals surface area contributed by atoms with Crippen LogP contribution < -0.4 is 10.2 Å². The molecule has 1 fully saturated rings. The second kappa shape index (κ2) is 9.39. The van der Waals surface area contributed by atoms with Crippen LogP contribution in [0.3, 0.4) is 0 Å². The zero-order valence-corrected chi connectivity index (χ0v) is 18.7. The van der Waals surface area contributed by atoms with Gasteiger partial charge in [-0.2, -0.15) is 13.2 Å². The first-order valence-corrected chi connectivity index (χ1v) is 11.0. The van der Waals surface area contributed by atoms with Gasteiger partial charge in [-0.1, -0.05) is 12.1 Å². The second-order valence-electron chi connectivity index (χ2n) is 8.67. The minimum absolute atomic E-state index is 0.183. The molecule has 174 valence electrons. The van der Waals surface area contributed by atoms with Gasteiger partial charge in [-0.15, -0.1) is 0 Å². The van der Waals surface area contributed by atoms with E-state index in [9.17, 15) is 18.0 Å². The van der Waals surface area contributed by atoms with Crippen molar-refractivity contribution in [3.05, 3.63) is 65.7 Å². The van der Waals surface area contributed by atoms with E-state index in [0.29, 0.717) is 23.7 Å². The SMILES string of the molecule is CN(C)[C@H]1CCN(c2ccc3cc(NC(=O)CCc4ccc(C(F)(F)F)cc4)ccc3n2)C1. The minimum atomic E-state index is -4.36. The molecule has 1 saturated heterocycles. The largest absolute Gasteiger partial charge is 0.416 e. The third-order valence-corrected chi connectivity index (χ3v) is 6.10. The number of carbonyl (C=O) groups excluding carboxylic acids is 1. The molecule has 0 radical (unpaired) electrons. The van der Waals surface area contributed by atoms with E-state index < -0.39 is 11.7 Å². The van der Waals surface area contributed by atoms with Crippen molar-refractivity contribution in [2.75, 3.05) is 37.4 Å². The normalized spacial score (nSPS) is 16.5. The fourth-order valence-corrected chi connectivity index (χ4v) is 4.08. The van der Waals surface area contributed by atoms with E-state index in [1.54, 1.807) is 0 Å². The van der Waals surface area contributed by atoms with Gasteiger partial charge in [0.1, 0.15) is 5.82 Å². The summed E-state index contributed by atoms with van der Waals surface area (Å²) in [5.41, 5.74) is 1.53. The van der Waals surface area contributed by atoms with E-state index in [0.717, 1.165) is 48.4 Å². The molecule has 1 atom stereocenters. The number of pyridine rings is 1. The quantitative estimate of drug-likeness (QED) is 0.569. The summed E-state index contributed by atoms with van der Waals surface area (Å²) < 4.78 is 38.0. The van der Waals surface area contributed by atoms with E-state index >= 15 is 0 Å². The van der Waals surface area contributed by atoms with E-state index in [4.69, 9.17) is 4.98 Å². The lowest BCUT2D eigenvalue weighted by atomic mass is 10.1. The fraction of sp³-hybridized carbons (Fsp3) is 0.360. The van der Waals surface area contributed by atoms with Crippen molar-refractivity contribution < 1.29 is 18.0 Å². The third kappa shape index (κ3) is 5.63. The Morgan fingerprint density at radius 1 is 1.12 bits per heavy atom. The van der Waals surface area contributed by atoms with Crippen LogP contribution in [0.5, 0.6) is 0 Å². The molecule has 0 saturated carbocycles. The maximum Gasteiger partial charge on any atom is 0.416 e. The number of hydrogen-bond donors (Lipinski definition) is 1. The van der Waals surface area contributed by atoms with Gasteiger partial charge in [-0.25, -0.2) is 4.98 Å². The highest BCUT2D eigenvalue weighted by Gasteiger charge is 2.30. The molecule has 0 aliphatic carbocycles. The zero-order chi connectivity index (χ0) is 23.6. The number of nitrogens with zero attached hydrogens (tertiary/aromatic N) is 3. The van der Waals surface area contributed by atoms with Gasteiger partial charge in [0.25, 0.3) is 0 Å². The van der Waals surface area contributed by atoms with Crippen molar-refractivity contribution in [1.29, 1.82) is 0 Å². The lowest BCUT2D eigenvalue weighted by Crippen LogP contribution is -2.31. The maximum atomic E-state index is 12.7. The minimum Gasteiger partial charge on any atom is -0.355 e. The molecule has 2 heterocycles. The Bertz CT molecular complexity index is 1130. The highest BCUT2D eigenvalue weighted by atomic mass is 19.4. The van der Waals surface area contributed by atoms with Crippen LogP contribution in [0.4, 0.5) is 24.7 Å². The molecule has 0 unspecified atom stereocenters. The van der Waals surface area contributed by atoms with Crippen molar-refractivity contribution in [2.45, 2.75) is 31.5 Å². The number of amides is 1. The van der Waals surface area contributed by atoms with Crippen LogP contribution in [0.15, 0.2) is 54.6 Å². The van der Waals surface area contributed by atoms with Crippen LogP contribution in [0.2, 0.25) is 0 Å². The summed E-state index contributed by atoms with van der Waals surface area (Å²) in [5.74, 6) is 0.769. The number of halogens is 3. The first-order valence-electron chi connectivity index (χ1n) is 11.0. The van der Waals surface area contributed by atoms with Crippen LogP contribution in [0, 0.1) is 0 Å². The van der Waals surface area contributed by atoms with Crippen LogP contribution >= 0.6 is 0 Å². The monoisotopic (exact) mass is 456 g/mol. The predicted molar refractivity (Wildman–Crippen MR) is 124 cm³/mol. The molecule has 0 bridgehead atoms.